The number of benzene rings is 1. The fourth-order valence-electron chi connectivity index (χ4n) is 1.59. The lowest BCUT2D eigenvalue weighted by Crippen LogP contribution is -1.93. The Hall–Kier alpha value is -1.35. The van der Waals surface area contributed by atoms with E-state index in [4.69, 9.17) is 4.74 Å². The molecule has 0 spiro atoms. The maximum Gasteiger partial charge on any atom is 0.222 e. The van der Waals surface area contributed by atoms with Crippen LogP contribution in [0.5, 0.6) is 11.6 Å². The lowest BCUT2D eigenvalue weighted by atomic mass is 10.2. The number of pyridine rings is 1. The third-order valence-electron chi connectivity index (χ3n) is 2.45. The van der Waals surface area contributed by atoms with Crippen molar-refractivity contribution in [3.05, 3.63) is 53.2 Å². The molecule has 0 saturated carbocycles. The Morgan fingerprint density at radius 1 is 1.24 bits per heavy atom. The molecule has 2 nitrogen and oxygen atoms in total. The van der Waals surface area contributed by atoms with Crippen LogP contribution in [0.1, 0.15) is 16.7 Å². The molecule has 0 atom stereocenters. The second kappa shape index (κ2) is 5.32. The monoisotopic (exact) mass is 291 g/mol. The number of halogens is 1. The minimum Gasteiger partial charge on any atom is -0.439 e. The van der Waals surface area contributed by atoms with Gasteiger partial charge in [-0.1, -0.05) is 28.1 Å². The average molecular weight is 292 g/mol. The first-order valence-corrected chi connectivity index (χ1v) is 6.57. The molecule has 0 aliphatic heterocycles. The minimum absolute atomic E-state index is 0.667. The van der Waals surface area contributed by atoms with E-state index in [2.05, 4.69) is 27.0 Å². The zero-order chi connectivity index (χ0) is 12.3. The summed E-state index contributed by atoms with van der Waals surface area (Å²) in [6, 6.07) is 10.0. The number of ether oxygens (including phenoxy) is 1. The summed E-state index contributed by atoms with van der Waals surface area (Å²) in [4.78, 5) is 4.32. The van der Waals surface area contributed by atoms with Crippen molar-refractivity contribution in [3.8, 4) is 11.6 Å². The maximum absolute atomic E-state index is 5.76. The zero-order valence-corrected chi connectivity index (χ0v) is 11.5. The molecule has 0 bridgehead atoms. The molecule has 2 rings (SSSR count). The van der Waals surface area contributed by atoms with Gasteiger partial charge in [0.05, 0.1) is 0 Å². The van der Waals surface area contributed by atoms with E-state index in [9.17, 15) is 0 Å². The van der Waals surface area contributed by atoms with Crippen molar-refractivity contribution < 1.29 is 4.74 Å². The molecule has 17 heavy (non-hydrogen) atoms. The Labute approximate surface area is 110 Å². The molecule has 88 valence electrons. The quantitative estimate of drug-likeness (QED) is 0.783. The van der Waals surface area contributed by atoms with Crippen LogP contribution in [0.3, 0.4) is 0 Å². The van der Waals surface area contributed by atoms with Crippen molar-refractivity contribution in [2.24, 2.45) is 0 Å². The highest BCUT2D eigenvalue weighted by Gasteiger charge is 2.04. The van der Waals surface area contributed by atoms with Crippen molar-refractivity contribution >= 4 is 15.9 Å². The molecule has 2 aromatic rings. The molecule has 3 heteroatoms. The zero-order valence-electron chi connectivity index (χ0n) is 9.90. The Balaban J connectivity index is 2.24. The minimum atomic E-state index is 0.667. The van der Waals surface area contributed by atoms with Gasteiger partial charge in [-0.15, -0.1) is 0 Å². The van der Waals surface area contributed by atoms with Gasteiger partial charge in [0.2, 0.25) is 5.88 Å². The van der Waals surface area contributed by atoms with E-state index in [0.29, 0.717) is 5.88 Å². The highest BCUT2D eigenvalue weighted by atomic mass is 79.9. The summed E-state index contributed by atoms with van der Waals surface area (Å²) in [6.45, 7) is 4.05. The predicted octanol–water partition coefficient (Wildman–Crippen LogP) is 4.39. The van der Waals surface area contributed by atoms with Crippen LogP contribution >= 0.6 is 15.9 Å². The Bertz CT molecular complexity index is 525. The Morgan fingerprint density at radius 2 is 2.06 bits per heavy atom. The first-order valence-electron chi connectivity index (χ1n) is 5.45. The first-order chi connectivity index (χ1) is 8.19. The normalized spacial score (nSPS) is 10.3. The van der Waals surface area contributed by atoms with E-state index in [1.807, 2.05) is 44.3 Å². The average Bonchev–Trinajstić information content (AvgIpc) is 2.32. The summed E-state index contributed by atoms with van der Waals surface area (Å²) < 4.78 is 5.76. The van der Waals surface area contributed by atoms with E-state index in [1.54, 1.807) is 0 Å². The topological polar surface area (TPSA) is 22.1 Å². The molecule has 0 saturated heterocycles. The lowest BCUT2D eigenvalue weighted by Gasteiger charge is -2.08. The smallest absolute Gasteiger partial charge is 0.222 e. The maximum atomic E-state index is 5.76. The van der Waals surface area contributed by atoms with Crippen molar-refractivity contribution in [1.29, 1.82) is 0 Å². The van der Waals surface area contributed by atoms with Gasteiger partial charge < -0.3 is 4.74 Å². The first kappa shape index (κ1) is 12.1. The van der Waals surface area contributed by atoms with Gasteiger partial charge in [0.15, 0.2) is 0 Å². The van der Waals surface area contributed by atoms with Gasteiger partial charge in [-0.3, -0.25) is 0 Å². The van der Waals surface area contributed by atoms with E-state index >= 15 is 0 Å². The van der Waals surface area contributed by atoms with Gasteiger partial charge >= 0.3 is 0 Å². The number of rotatable bonds is 3. The number of alkyl halides is 1. The summed E-state index contributed by atoms with van der Waals surface area (Å²) in [5, 5.41) is 0.811. The number of nitrogens with zero attached hydrogens (tertiary/aromatic N) is 1. The van der Waals surface area contributed by atoms with E-state index in [0.717, 1.165) is 22.2 Å². The molecular formula is C14H14BrNO. The SMILES string of the molecule is Cc1cccc(Oc2ncc(CBr)cc2C)c1. The molecule has 0 radical (unpaired) electrons. The van der Waals surface area contributed by atoms with Crippen LogP contribution < -0.4 is 4.74 Å². The molecule has 0 aliphatic rings. The molecule has 1 heterocycles. The summed E-state index contributed by atoms with van der Waals surface area (Å²) in [5.74, 6) is 1.49. The summed E-state index contributed by atoms with van der Waals surface area (Å²) in [6.07, 6.45) is 1.83. The van der Waals surface area contributed by atoms with Crippen LogP contribution in [-0.2, 0) is 5.33 Å². The van der Waals surface area contributed by atoms with Crippen LogP contribution in [0.2, 0.25) is 0 Å². The number of hydrogen-bond acceptors (Lipinski definition) is 2. The van der Waals surface area contributed by atoms with Crippen molar-refractivity contribution in [1.82, 2.24) is 4.98 Å². The fraction of sp³-hybridized carbons (Fsp3) is 0.214. The van der Waals surface area contributed by atoms with Crippen molar-refractivity contribution in [2.45, 2.75) is 19.2 Å². The van der Waals surface area contributed by atoms with Gasteiger partial charge in [0, 0.05) is 17.1 Å². The standard InChI is InChI=1S/C14H14BrNO/c1-10-4-3-5-13(6-10)17-14-11(2)7-12(8-15)9-16-14/h3-7,9H,8H2,1-2H3. The molecule has 0 amide bonds. The number of aromatic nitrogens is 1. The molecule has 0 N–H and O–H groups in total. The summed E-state index contributed by atoms with van der Waals surface area (Å²) in [7, 11) is 0. The second-order valence-corrected chi connectivity index (χ2v) is 4.58. The Kier molecular flexibility index (Phi) is 3.79. The predicted molar refractivity (Wildman–Crippen MR) is 72.9 cm³/mol. The third-order valence-corrected chi connectivity index (χ3v) is 3.09. The second-order valence-electron chi connectivity index (χ2n) is 4.02. The van der Waals surface area contributed by atoms with Gasteiger partial charge in [-0.25, -0.2) is 4.98 Å². The molecule has 0 fully saturated rings. The summed E-state index contributed by atoms with van der Waals surface area (Å²) in [5.41, 5.74) is 3.37. The third kappa shape index (κ3) is 3.07. The molecular weight excluding hydrogens is 278 g/mol. The summed E-state index contributed by atoms with van der Waals surface area (Å²) >= 11 is 3.41. The number of aryl methyl sites for hydroxylation is 2. The fourth-order valence-corrected chi connectivity index (χ4v) is 1.90. The van der Waals surface area contributed by atoms with Gasteiger partial charge in [0.25, 0.3) is 0 Å². The molecule has 1 aromatic carbocycles. The van der Waals surface area contributed by atoms with Crippen molar-refractivity contribution in [2.75, 3.05) is 0 Å². The van der Waals surface area contributed by atoms with Gasteiger partial charge in [-0.2, -0.15) is 0 Å². The molecule has 1 aromatic heterocycles. The van der Waals surface area contributed by atoms with E-state index in [1.165, 1.54) is 5.56 Å². The highest BCUT2D eigenvalue weighted by Crippen LogP contribution is 2.24. The molecule has 0 unspecified atom stereocenters. The van der Waals surface area contributed by atoms with Gasteiger partial charge in [0.1, 0.15) is 5.75 Å². The van der Waals surface area contributed by atoms with E-state index in [-0.39, 0.29) is 0 Å². The van der Waals surface area contributed by atoms with E-state index < -0.39 is 0 Å². The van der Waals surface area contributed by atoms with Crippen LogP contribution in [0.15, 0.2) is 36.5 Å². The van der Waals surface area contributed by atoms with Crippen LogP contribution in [0.4, 0.5) is 0 Å². The number of hydrogen-bond donors (Lipinski definition) is 0. The van der Waals surface area contributed by atoms with Crippen LogP contribution in [-0.4, -0.2) is 4.98 Å². The lowest BCUT2D eigenvalue weighted by molar-refractivity contribution is 0.458. The van der Waals surface area contributed by atoms with Crippen LogP contribution in [0, 0.1) is 13.8 Å². The highest BCUT2D eigenvalue weighted by molar-refractivity contribution is 9.08. The largest absolute Gasteiger partial charge is 0.439 e. The van der Waals surface area contributed by atoms with Crippen LogP contribution in [0.25, 0.3) is 0 Å². The Morgan fingerprint density at radius 3 is 2.71 bits per heavy atom. The van der Waals surface area contributed by atoms with Gasteiger partial charge in [-0.05, 0) is 43.2 Å². The molecule has 0 aliphatic carbocycles. The van der Waals surface area contributed by atoms with Crippen molar-refractivity contribution in [3.63, 3.8) is 0 Å².